The maximum atomic E-state index is 6.91. The summed E-state index contributed by atoms with van der Waals surface area (Å²) in [5.41, 5.74) is 10.5. The van der Waals surface area contributed by atoms with Crippen LogP contribution in [0.25, 0.3) is 50.0 Å². The van der Waals surface area contributed by atoms with Gasteiger partial charge in [0.1, 0.15) is 17.2 Å². The van der Waals surface area contributed by atoms with Crippen molar-refractivity contribution in [3.63, 3.8) is 0 Å². The fourth-order valence-corrected chi connectivity index (χ4v) is 7.14. The molecule has 4 nitrogen and oxygen atoms in total. The summed E-state index contributed by atoms with van der Waals surface area (Å²) >= 11 is 0. The number of nitrogens with zero attached hydrogens (tertiary/aromatic N) is 2. The van der Waals surface area contributed by atoms with Crippen LogP contribution < -0.4 is 4.74 Å². The molecule has 0 aliphatic carbocycles. The third kappa shape index (κ3) is 3.73. The summed E-state index contributed by atoms with van der Waals surface area (Å²) in [4.78, 5) is 5.29. The molecule has 0 radical (unpaired) electrons. The van der Waals surface area contributed by atoms with Gasteiger partial charge in [0, 0.05) is 27.3 Å². The van der Waals surface area contributed by atoms with Crippen LogP contribution in [-0.4, -0.2) is 9.55 Å². The lowest BCUT2D eigenvalue weighted by molar-refractivity contribution is 0.415. The fraction of sp³-hybridized carbons (Fsp3) is 0.225. The van der Waals surface area contributed by atoms with E-state index < -0.39 is 0 Å². The minimum absolute atomic E-state index is 0.220. The molecule has 218 valence electrons. The average Bonchev–Trinajstić information content (AvgIpc) is 3.59. The number of fused-ring (bicyclic) bond motifs is 7. The number of para-hydroxylation sites is 5. The van der Waals surface area contributed by atoms with Gasteiger partial charge >= 0.3 is 0 Å². The topological polar surface area (TPSA) is 40.2 Å². The molecule has 0 spiro atoms. The summed E-state index contributed by atoms with van der Waals surface area (Å²) in [6.07, 6.45) is 0. The Morgan fingerprint density at radius 3 is 2.11 bits per heavy atom. The predicted molar refractivity (Wildman–Crippen MR) is 181 cm³/mol. The van der Waals surface area contributed by atoms with Gasteiger partial charge in [0.2, 0.25) is 0 Å². The summed E-state index contributed by atoms with van der Waals surface area (Å²) in [5, 5.41) is 2.10. The SMILES string of the molecule is CC(C)c1cccc(C(C)C)c1-n1c(-c2cccc3c2oc2c4c(ccc23)C(C)(C)c2ccccc2O4)nc2ccccc21. The molecule has 3 heterocycles. The molecule has 7 aromatic rings. The van der Waals surface area contributed by atoms with Crippen LogP contribution in [0.1, 0.15) is 75.6 Å². The van der Waals surface area contributed by atoms with Crippen LogP contribution in [0.5, 0.6) is 11.5 Å². The average molecular weight is 577 g/mol. The molecule has 0 amide bonds. The van der Waals surface area contributed by atoms with Crippen molar-refractivity contribution in [3.8, 4) is 28.6 Å². The Bertz CT molecular complexity index is 2220. The molecule has 0 fully saturated rings. The van der Waals surface area contributed by atoms with Gasteiger partial charge in [0.15, 0.2) is 11.3 Å². The van der Waals surface area contributed by atoms with Crippen LogP contribution in [0.15, 0.2) is 101 Å². The summed E-state index contributed by atoms with van der Waals surface area (Å²) in [6, 6.07) is 34.3. The highest BCUT2D eigenvalue weighted by molar-refractivity contribution is 6.11. The molecule has 4 heteroatoms. The van der Waals surface area contributed by atoms with Gasteiger partial charge in [-0.3, -0.25) is 4.57 Å². The van der Waals surface area contributed by atoms with E-state index in [1.54, 1.807) is 0 Å². The van der Waals surface area contributed by atoms with Gasteiger partial charge in [-0.15, -0.1) is 0 Å². The number of hydrogen-bond acceptors (Lipinski definition) is 3. The second-order valence-electron chi connectivity index (χ2n) is 13.2. The van der Waals surface area contributed by atoms with Crippen molar-refractivity contribution in [2.24, 2.45) is 0 Å². The first-order chi connectivity index (χ1) is 21.3. The van der Waals surface area contributed by atoms with Gasteiger partial charge < -0.3 is 9.15 Å². The minimum Gasteiger partial charge on any atom is -0.453 e. The summed E-state index contributed by atoms with van der Waals surface area (Å²) in [7, 11) is 0. The van der Waals surface area contributed by atoms with E-state index in [2.05, 4.69) is 131 Å². The smallest absolute Gasteiger partial charge is 0.178 e. The van der Waals surface area contributed by atoms with Crippen LogP contribution in [-0.2, 0) is 5.41 Å². The molecular weight excluding hydrogens is 540 g/mol. The van der Waals surface area contributed by atoms with Crippen LogP contribution in [0, 0.1) is 0 Å². The maximum Gasteiger partial charge on any atom is 0.178 e. The summed E-state index contributed by atoms with van der Waals surface area (Å²) < 4.78 is 15.9. The largest absolute Gasteiger partial charge is 0.453 e. The number of aromatic nitrogens is 2. The van der Waals surface area contributed by atoms with E-state index in [1.807, 2.05) is 12.1 Å². The van der Waals surface area contributed by atoms with E-state index >= 15 is 0 Å². The Morgan fingerprint density at radius 1 is 0.659 bits per heavy atom. The molecule has 1 aliphatic heterocycles. The highest BCUT2D eigenvalue weighted by Gasteiger charge is 2.36. The second-order valence-corrected chi connectivity index (χ2v) is 13.2. The number of rotatable bonds is 4. The van der Waals surface area contributed by atoms with E-state index in [4.69, 9.17) is 14.1 Å². The van der Waals surface area contributed by atoms with Crippen LogP contribution >= 0.6 is 0 Å². The molecule has 0 bridgehead atoms. The van der Waals surface area contributed by atoms with E-state index in [-0.39, 0.29) is 5.41 Å². The molecule has 0 saturated carbocycles. The lowest BCUT2D eigenvalue weighted by atomic mass is 9.75. The molecule has 0 saturated heterocycles. The highest BCUT2D eigenvalue weighted by Crippen LogP contribution is 2.52. The summed E-state index contributed by atoms with van der Waals surface area (Å²) in [6.45, 7) is 13.6. The molecule has 5 aromatic carbocycles. The number of furan rings is 1. The van der Waals surface area contributed by atoms with Crippen molar-refractivity contribution in [1.29, 1.82) is 0 Å². The highest BCUT2D eigenvalue weighted by atomic mass is 16.5. The second kappa shape index (κ2) is 9.59. The van der Waals surface area contributed by atoms with Gasteiger partial charge in [0.25, 0.3) is 0 Å². The first-order valence-corrected chi connectivity index (χ1v) is 15.6. The Kier molecular flexibility index (Phi) is 5.83. The Balaban J connectivity index is 1.44. The standard InChI is InChI=1S/C40H36N2O2/c1-23(2)25-13-11-14-26(24(3)4)35(25)42-33-19-9-8-18-32(33)41-39(42)29-16-12-15-27-28-21-22-31-38(37(28)44-36(27)29)43-34-20-10-7-17-30(34)40(31,5)6/h7-24H,1-6H3. The summed E-state index contributed by atoms with van der Waals surface area (Å²) in [5.74, 6) is 3.25. The molecule has 2 aromatic heterocycles. The first-order valence-electron chi connectivity index (χ1n) is 15.6. The third-order valence-corrected chi connectivity index (χ3v) is 9.44. The molecular formula is C40H36N2O2. The number of hydrogen-bond donors (Lipinski definition) is 0. The number of ether oxygens (including phenoxy) is 1. The van der Waals surface area contributed by atoms with Gasteiger partial charge in [-0.2, -0.15) is 0 Å². The third-order valence-electron chi connectivity index (χ3n) is 9.44. The zero-order chi connectivity index (χ0) is 30.3. The van der Waals surface area contributed by atoms with Crippen molar-refractivity contribution < 1.29 is 9.15 Å². The zero-order valence-corrected chi connectivity index (χ0v) is 26.1. The fourth-order valence-electron chi connectivity index (χ4n) is 7.14. The Morgan fingerprint density at radius 2 is 1.34 bits per heavy atom. The normalized spacial score (nSPS) is 14.0. The molecule has 0 atom stereocenters. The lowest BCUT2D eigenvalue weighted by Gasteiger charge is -2.34. The number of benzene rings is 5. The first kappa shape index (κ1) is 26.8. The van der Waals surface area contributed by atoms with Crippen molar-refractivity contribution in [3.05, 3.63) is 119 Å². The van der Waals surface area contributed by atoms with Crippen molar-refractivity contribution in [2.75, 3.05) is 0 Å². The quantitative estimate of drug-likeness (QED) is 0.209. The zero-order valence-electron chi connectivity index (χ0n) is 26.1. The van der Waals surface area contributed by atoms with Gasteiger partial charge in [-0.1, -0.05) is 108 Å². The molecule has 44 heavy (non-hydrogen) atoms. The lowest BCUT2D eigenvalue weighted by Crippen LogP contribution is -2.24. The van der Waals surface area contributed by atoms with E-state index in [0.29, 0.717) is 11.8 Å². The van der Waals surface area contributed by atoms with E-state index in [9.17, 15) is 0 Å². The van der Waals surface area contributed by atoms with Crippen LogP contribution in [0.2, 0.25) is 0 Å². The Hall–Kier alpha value is -4.83. The molecule has 0 N–H and O–H groups in total. The van der Waals surface area contributed by atoms with Gasteiger partial charge in [-0.05, 0) is 53.3 Å². The van der Waals surface area contributed by atoms with E-state index in [0.717, 1.165) is 61.4 Å². The monoisotopic (exact) mass is 576 g/mol. The maximum absolute atomic E-state index is 6.91. The van der Waals surface area contributed by atoms with Crippen molar-refractivity contribution >= 4 is 33.0 Å². The predicted octanol–water partition coefficient (Wildman–Crippen LogP) is 11.3. The molecule has 0 unspecified atom stereocenters. The van der Waals surface area contributed by atoms with Gasteiger partial charge in [0.05, 0.1) is 22.3 Å². The molecule has 1 aliphatic rings. The van der Waals surface area contributed by atoms with E-state index in [1.165, 1.54) is 22.4 Å². The van der Waals surface area contributed by atoms with Gasteiger partial charge in [-0.25, -0.2) is 4.98 Å². The van der Waals surface area contributed by atoms with Crippen molar-refractivity contribution in [1.82, 2.24) is 9.55 Å². The number of imidazole rings is 1. The molecule has 8 rings (SSSR count). The minimum atomic E-state index is -0.220. The van der Waals surface area contributed by atoms with Crippen molar-refractivity contribution in [2.45, 2.75) is 58.8 Å². The van der Waals surface area contributed by atoms with Crippen LogP contribution in [0.4, 0.5) is 0 Å². The van der Waals surface area contributed by atoms with Crippen LogP contribution in [0.3, 0.4) is 0 Å². The Labute approximate surface area is 257 Å².